The van der Waals surface area contributed by atoms with Crippen LogP contribution in [0.15, 0.2) is 12.1 Å². The van der Waals surface area contributed by atoms with Crippen LogP contribution in [0.5, 0.6) is 0 Å². The van der Waals surface area contributed by atoms with E-state index >= 15 is 0 Å². The SMILES string of the molecule is O=C(NC1CCN(CC2CCCCC2)CC1)C1CCN(c2ccc3nnc(C(F)(F)F)n3n2)CC1. The number of carbonyl (C=O) groups excluding carboxylic acids is 1. The monoisotopic (exact) mass is 493 g/mol. The molecule has 1 N–H and O–H groups in total. The van der Waals surface area contributed by atoms with Gasteiger partial charge in [0, 0.05) is 44.7 Å². The van der Waals surface area contributed by atoms with Crippen molar-refractivity contribution in [3.8, 4) is 0 Å². The van der Waals surface area contributed by atoms with Gasteiger partial charge in [-0.1, -0.05) is 19.3 Å². The maximum absolute atomic E-state index is 13.2. The number of halogens is 3. The van der Waals surface area contributed by atoms with Crippen molar-refractivity contribution in [1.29, 1.82) is 0 Å². The second-order valence-electron chi connectivity index (χ2n) is 10.3. The van der Waals surface area contributed by atoms with Gasteiger partial charge in [-0.05, 0) is 56.6 Å². The molecule has 0 spiro atoms. The molecule has 2 aromatic rings. The molecule has 0 bridgehead atoms. The van der Waals surface area contributed by atoms with Crippen LogP contribution in [-0.4, -0.2) is 69.4 Å². The molecule has 35 heavy (non-hydrogen) atoms. The lowest BCUT2D eigenvalue weighted by molar-refractivity contribution is -0.146. The highest BCUT2D eigenvalue weighted by Crippen LogP contribution is 2.29. The van der Waals surface area contributed by atoms with Gasteiger partial charge in [-0.2, -0.15) is 17.7 Å². The molecule has 11 heteroatoms. The lowest BCUT2D eigenvalue weighted by Gasteiger charge is -2.37. The lowest BCUT2D eigenvalue weighted by Crippen LogP contribution is -2.48. The van der Waals surface area contributed by atoms with E-state index in [4.69, 9.17) is 0 Å². The molecule has 1 amide bonds. The number of anilines is 1. The molecule has 192 valence electrons. The number of hydrogen-bond donors (Lipinski definition) is 1. The summed E-state index contributed by atoms with van der Waals surface area (Å²) in [6, 6.07) is 3.39. The van der Waals surface area contributed by atoms with Gasteiger partial charge in [0.05, 0.1) is 0 Å². The fraction of sp³-hybridized carbons (Fsp3) is 0.750. The fourth-order valence-electron chi connectivity index (χ4n) is 5.81. The van der Waals surface area contributed by atoms with E-state index in [0.29, 0.717) is 31.7 Å². The zero-order valence-electron chi connectivity index (χ0n) is 20.0. The third kappa shape index (κ3) is 5.70. The van der Waals surface area contributed by atoms with Gasteiger partial charge in [-0.25, -0.2) is 0 Å². The Labute approximate surface area is 203 Å². The molecule has 0 radical (unpaired) electrons. The Morgan fingerprint density at radius 3 is 2.34 bits per heavy atom. The molecule has 2 aromatic heterocycles. The van der Waals surface area contributed by atoms with E-state index in [1.165, 1.54) is 44.7 Å². The van der Waals surface area contributed by atoms with E-state index in [0.717, 1.165) is 36.4 Å². The molecule has 2 aliphatic heterocycles. The molecule has 2 saturated heterocycles. The van der Waals surface area contributed by atoms with Crippen LogP contribution < -0.4 is 10.2 Å². The standard InChI is InChI=1S/C24H34F3N7O/c25-24(26,27)23-30-29-20-6-7-21(31-34(20)23)33-14-8-18(9-15-33)22(35)28-19-10-12-32(13-11-19)16-17-4-2-1-3-5-17/h6-7,17-19H,1-5,8-16H2,(H,28,35). The summed E-state index contributed by atoms with van der Waals surface area (Å²) in [5, 5.41) is 14.2. The number of nitrogens with one attached hydrogen (secondary N) is 1. The number of piperidine rings is 2. The maximum atomic E-state index is 13.2. The number of rotatable bonds is 5. The molecule has 0 unspecified atom stereocenters. The van der Waals surface area contributed by atoms with E-state index in [-0.39, 0.29) is 23.5 Å². The van der Waals surface area contributed by atoms with E-state index < -0.39 is 12.0 Å². The minimum Gasteiger partial charge on any atom is -0.355 e. The third-order valence-electron chi connectivity index (χ3n) is 7.87. The maximum Gasteiger partial charge on any atom is 0.453 e. The second kappa shape index (κ2) is 10.3. The zero-order valence-corrected chi connectivity index (χ0v) is 20.0. The quantitative estimate of drug-likeness (QED) is 0.687. The molecule has 0 atom stereocenters. The molecule has 1 saturated carbocycles. The van der Waals surface area contributed by atoms with Gasteiger partial charge in [0.2, 0.25) is 5.91 Å². The predicted molar refractivity (Wildman–Crippen MR) is 125 cm³/mol. The molecule has 8 nitrogen and oxygen atoms in total. The molecular formula is C24H34F3N7O. The minimum atomic E-state index is -4.62. The average Bonchev–Trinajstić information content (AvgIpc) is 3.30. The van der Waals surface area contributed by atoms with Gasteiger partial charge < -0.3 is 15.1 Å². The van der Waals surface area contributed by atoms with Gasteiger partial charge in [0.15, 0.2) is 5.65 Å². The van der Waals surface area contributed by atoms with Crippen molar-refractivity contribution < 1.29 is 18.0 Å². The molecule has 0 aromatic carbocycles. The lowest BCUT2D eigenvalue weighted by atomic mass is 9.88. The molecule has 3 aliphatic rings. The number of carbonyl (C=O) groups is 1. The smallest absolute Gasteiger partial charge is 0.355 e. The number of likely N-dealkylation sites (tertiary alicyclic amines) is 1. The van der Waals surface area contributed by atoms with Crippen LogP contribution in [0.3, 0.4) is 0 Å². The van der Waals surface area contributed by atoms with Crippen molar-refractivity contribution >= 4 is 17.4 Å². The fourth-order valence-corrected chi connectivity index (χ4v) is 5.81. The van der Waals surface area contributed by atoms with Crippen molar-refractivity contribution in [2.75, 3.05) is 37.6 Å². The van der Waals surface area contributed by atoms with Crippen LogP contribution in [0.4, 0.5) is 19.0 Å². The summed E-state index contributed by atoms with van der Waals surface area (Å²) in [6.07, 6.45) is 5.54. The zero-order chi connectivity index (χ0) is 24.4. The van der Waals surface area contributed by atoms with Crippen LogP contribution in [0.1, 0.15) is 63.6 Å². The first-order chi connectivity index (χ1) is 16.9. The van der Waals surface area contributed by atoms with Crippen molar-refractivity contribution in [3.05, 3.63) is 18.0 Å². The third-order valence-corrected chi connectivity index (χ3v) is 7.87. The van der Waals surface area contributed by atoms with Gasteiger partial charge in [0.1, 0.15) is 5.82 Å². The Kier molecular flexibility index (Phi) is 7.13. The van der Waals surface area contributed by atoms with Gasteiger partial charge in [0.25, 0.3) is 5.82 Å². The van der Waals surface area contributed by atoms with E-state index in [2.05, 4.69) is 25.5 Å². The Hall–Kier alpha value is -2.43. The highest BCUT2D eigenvalue weighted by molar-refractivity contribution is 5.79. The number of aromatic nitrogens is 4. The number of nitrogens with zero attached hydrogens (tertiary/aromatic N) is 6. The summed E-state index contributed by atoms with van der Waals surface area (Å²) in [5.41, 5.74) is 0.0557. The Balaban J connectivity index is 1.09. The number of hydrogen-bond acceptors (Lipinski definition) is 6. The minimum absolute atomic E-state index is 0.0557. The Bertz CT molecular complexity index is 1000. The summed E-state index contributed by atoms with van der Waals surface area (Å²) < 4.78 is 40.2. The molecule has 4 heterocycles. The van der Waals surface area contributed by atoms with E-state index in [1.54, 1.807) is 6.07 Å². The first kappa shape index (κ1) is 24.3. The van der Waals surface area contributed by atoms with E-state index in [1.807, 2.05) is 4.90 Å². The average molecular weight is 494 g/mol. The van der Waals surface area contributed by atoms with Crippen molar-refractivity contribution in [3.63, 3.8) is 0 Å². The molecular weight excluding hydrogens is 459 g/mol. The van der Waals surface area contributed by atoms with E-state index in [9.17, 15) is 18.0 Å². The summed E-state index contributed by atoms with van der Waals surface area (Å²) in [4.78, 5) is 17.4. The summed E-state index contributed by atoms with van der Waals surface area (Å²) in [7, 11) is 0. The highest BCUT2D eigenvalue weighted by atomic mass is 19.4. The Morgan fingerprint density at radius 2 is 1.66 bits per heavy atom. The Morgan fingerprint density at radius 1 is 0.943 bits per heavy atom. The first-order valence-corrected chi connectivity index (χ1v) is 12.9. The largest absolute Gasteiger partial charge is 0.453 e. The first-order valence-electron chi connectivity index (χ1n) is 12.9. The number of alkyl halides is 3. The van der Waals surface area contributed by atoms with Crippen molar-refractivity contribution in [2.45, 2.75) is 70.0 Å². The van der Waals surface area contributed by atoms with Crippen LogP contribution >= 0.6 is 0 Å². The van der Waals surface area contributed by atoms with Gasteiger partial charge >= 0.3 is 6.18 Å². The van der Waals surface area contributed by atoms with Crippen LogP contribution in [0, 0.1) is 11.8 Å². The molecule has 3 fully saturated rings. The van der Waals surface area contributed by atoms with Crippen LogP contribution in [-0.2, 0) is 11.0 Å². The molecule has 1 aliphatic carbocycles. The van der Waals surface area contributed by atoms with Gasteiger partial charge in [-0.15, -0.1) is 15.3 Å². The summed E-state index contributed by atoms with van der Waals surface area (Å²) in [5.74, 6) is 0.189. The number of fused-ring (bicyclic) bond motifs is 1. The predicted octanol–water partition coefficient (Wildman–Crippen LogP) is 3.52. The van der Waals surface area contributed by atoms with Crippen LogP contribution in [0.25, 0.3) is 5.65 Å². The number of amides is 1. The van der Waals surface area contributed by atoms with Gasteiger partial charge in [-0.3, -0.25) is 4.79 Å². The topological polar surface area (TPSA) is 78.7 Å². The molecule has 5 rings (SSSR count). The normalized spacial score (nSPS) is 22.1. The summed E-state index contributed by atoms with van der Waals surface area (Å²) >= 11 is 0. The second-order valence-corrected chi connectivity index (χ2v) is 10.3. The highest BCUT2D eigenvalue weighted by Gasteiger charge is 2.38. The van der Waals surface area contributed by atoms with Crippen molar-refractivity contribution in [2.24, 2.45) is 11.8 Å². The van der Waals surface area contributed by atoms with Crippen molar-refractivity contribution in [1.82, 2.24) is 30.0 Å². The van der Waals surface area contributed by atoms with Crippen LogP contribution in [0.2, 0.25) is 0 Å². The summed E-state index contributed by atoms with van der Waals surface area (Å²) in [6.45, 7) is 4.45.